The number of ether oxygens (including phenoxy) is 2. The van der Waals surface area contributed by atoms with Crippen LogP contribution in [0.2, 0.25) is 0 Å². The van der Waals surface area contributed by atoms with Crippen LogP contribution in [0.25, 0.3) is 10.9 Å². The van der Waals surface area contributed by atoms with Gasteiger partial charge >= 0.3 is 5.97 Å². The predicted molar refractivity (Wildman–Crippen MR) is 117 cm³/mol. The van der Waals surface area contributed by atoms with Gasteiger partial charge in [0.05, 0.1) is 23.6 Å². The summed E-state index contributed by atoms with van der Waals surface area (Å²) >= 11 is 0. The third kappa shape index (κ3) is 4.11. The minimum absolute atomic E-state index is 0.0542. The summed E-state index contributed by atoms with van der Waals surface area (Å²) < 4.78 is 38.2. The monoisotopic (exact) mass is 457 g/mol. The van der Waals surface area contributed by atoms with Gasteiger partial charge in [-0.05, 0) is 50.1 Å². The van der Waals surface area contributed by atoms with Gasteiger partial charge in [0.1, 0.15) is 10.6 Å². The Morgan fingerprint density at radius 2 is 1.88 bits per heavy atom. The van der Waals surface area contributed by atoms with Crippen LogP contribution in [0, 0.1) is 0 Å². The number of esters is 1. The van der Waals surface area contributed by atoms with Crippen molar-refractivity contribution in [2.75, 3.05) is 20.2 Å². The third-order valence-electron chi connectivity index (χ3n) is 5.38. The van der Waals surface area contributed by atoms with Crippen LogP contribution in [0.15, 0.2) is 52.2 Å². The normalized spacial score (nSPS) is 15.6. The molecule has 9 nitrogen and oxygen atoms in total. The molecule has 0 saturated carbocycles. The van der Waals surface area contributed by atoms with Crippen molar-refractivity contribution >= 4 is 26.9 Å². The maximum absolute atomic E-state index is 13.0. The first-order valence-electron chi connectivity index (χ1n) is 10.2. The fraction of sp³-hybridized carbons (Fsp3) is 0.318. The summed E-state index contributed by atoms with van der Waals surface area (Å²) in [7, 11) is -2.43. The van der Waals surface area contributed by atoms with Crippen LogP contribution in [0.1, 0.15) is 42.1 Å². The number of sulfonamides is 1. The molecule has 0 radical (unpaired) electrons. The Kier molecular flexibility index (Phi) is 5.98. The maximum Gasteiger partial charge on any atom is 0.338 e. The summed E-state index contributed by atoms with van der Waals surface area (Å²) in [5, 5.41) is 0.432. The summed E-state index contributed by atoms with van der Waals surface area (Å²) in [6, 6.07) is 11.0. The summed E-state index contributed by atoms with van der Waals surface area (Å²) in [5.74, 6) is -0.392. The molecule has 1 atom stereocenters. The number of hydrogen-bond acceptors (Lipinski definition) is 7. The lowest BCUT2D eigenvalue weighted by Crippen LogP contribution is -2.28. The zero-order valence-corrected chi connectivity index (χ0v) is 18.5. The molecule has 1 aliphatic heterocycles. The molecule has 4 rings (SSSR count). The van der Waals surface area contributed by atoms with Crippen molar-refractivity contribution in [2.45, 2.75) is 30.8 Å². The fourth-order valence-electron chi connectivity index (χ4n) is 3.65. The average molecular weight is 458 g/mol. The molecule has 0 unspecified atom stereocenters. The van der Waals surface area contributed by atoms with Crippen LogP contribution < -0.4 is 10.3 Å². The first-order chi connectivity index (χ1) is 15.3. The molecule has 0 amide bonds. The number of methoxy groups -OCH3 is 1. The van der Waals surface area contributed by atoms with E-state index in [-0.39, 0.29) is 27.6 Å². The summed E-state index contributed by atoms with van der Waals surface area (Å²) in [6.45, 7) is 2.44. The molecule has 1 aromatic heterocycles. The zero-order valence-electron chi connectivity index (χ0n) is 17.7. The summed E-state index contributed by atoms with van der Waals surface area (Å²) in [6.07, 6.45) is 0.718. The van der Waals surface area contributed by atoms with Crippen LogP contribution in [0.3, 0.4) is 0 Å². The number of fused-ring (bicyclic) bond motifs is 1. The molecule has 0 aliphatic carbocycles. The van der Waals surface area contributed by atoms with Gasteiger partial charge in [-0.1, -0.05) is 12.1 Å². The number of rotatable bonds is 6. The van der Waals surface area contributed by atoms with Crippen LogP contribution in [0.5, 0.6) is 5.75 Å². The second-order valence-corrected chi connectivity index (χ2v) is 9.40. The maximum atomic E-state index is 13.0. The molecule has 10 heteroatoms. The van der Waals surface area contributed by atoms with E-state index in [1.54, 1.807) is 31.2 Å². The topological polar surface area (TPSA) is 119 Å². The number of nitrogens with one attached hydrogen (secondary N) is 1. The summed E-state index contributed by atoms with van der Waals surface area (Å²) in [5.41, 5.74) is 0.202. The Hall–Kier alpha value is -3.24. The highest BCUT2D eigenvalue weighted by molar-refractivity contribution is 7.89. The molecule has 0 spiro atoms. The Morgan fingerprint density at radius 1 is 1.16 bits per heavy atom. The number of aromatic amines is 1. The van der Waals surface area contributed by atoms with Gasteiger partial charge in [-0.3, -0.25) is 4.79 Å². The number of hydrogen-bond donors (Lipinski definition) is 1. The SMILES string of the molecule is COc1ccc(C(=O)O[C@@H](C)c2nc3ccccc3c(=O)[nH]2)cc1S(=O)(=O)N1CCCC1. The number of H-pyrrole nitrogens is 1. The van der Waals surface area contributed by atoms with Gasteiger partial charge < -0.3 is 14.5 Å². The van der Waals surface area contributed by atoms with Crippen molar-refractivity contribution in [3.8, 4) is 5.75 Å². The van der Waals surface area contributed by atoms with E-state index in [1.165, 1.54) is 29.6 Å². The smallest absolute Gasteiger partial charge is 0.338 e. The highest BCUT2D eigenvalue weighted by atomic mass is 32.2. The standard InChI is InChI=1S/C22H23N3O6S/c1-14(20-23-17-8-4-3-7-16(17)21(26)24-20)31-22(27)15-9-10-18(30-2)19(13-15)32(28,29)25-11-5-6-12-25/h3-4,7-10,13-14H,5-6,11-12H2,1-2H3,(H,23,24,26)/t14-/m0/s1. The second-order valence-electron chi connectivity index (χ2n) is 7.49. The number of nitrogens with zero attached hydrogens (tertiary/aromatic N) is 2. The molecule has 168 valence electrons. The van der Waals surface area contributed by atoms with Crippen LogP contribution in [0.4, 0.5) is 0 Å². The molecule has 3 aromatic rings. The van der Waals surface area contributed by atoms with E-state index in [1.807, 2.05) is 0 Å². The molecule has 1 saturated heterocycles. The first kappa shape index (κ1) is 22.0. The van der Waals surface area contributed by atoms with Crippen molar-refractivity contribution in [1.29, 1.82) is 0 Å². The minimum Gasteiger partial charge on any atom is -0.495 e. The molecule has 1 aliphatic rings. The number of benzene rings is 2. The van der Waals surface area contributed by atoms with Crippen molar-refractivity contribution in [3.63, 3.8) is 0 Å². The van der Waals surface area contributed by atoms with E-state index >= 15 is 0 Å². The largest absolute Gasteiger partial charge is 0.495 e. The van der Waals surface area contributed by atoms with Gasteiger partial charge in [-0.2, -0.15) is 4.31 Å². The van der Waals surface area contributed by atoms with E-state index in [2.05, 4.69) is 9.97 Å². The Bertz CT molecular complexity index is 1330. The highest BCUT2D eigenvalue weighted by Gasteiger charge is 2.31. The van der Waals surface area contributed by atoms with Crippen molar-refractivity contribution in [3.05, 3.63) is 64.2 Å². The van der Waals surface area contributed by atoms with E-state index in [0.717, 1.165) is 12.8 Å². The lowest BCUT2D eigenvalue weighted by molar-refractivity contribution is 0.0319. The highest BCUT2D eigenvalue weighted by Crippen LogP contribution is 2.30. The lowest BCUT2D eigenvalue weighted by atomic mass is 10.2. The minimum atomic E-state index is -3.81. The lowest BCUT2D eigenvalue weighted by Gasteiger charge is -2.18. The van der Waals surface area contributed by atoms with Crippen LogP contribution in [-0.2, 0) is 14.8 Å². The van der Waals surface area contributed by atoms with Crippen molar-refractivity contribution in [1.82, 2.24) is 14.3 Å². The summed E-state index contributed by atoms with van der Waals surface area (Å²) in [4.78, 5) is 32.0. The number of carbonyl (C=O) groups excluding carboxylic acids is 1. The van der Waals surface area contributed by atoms with E-state index in [9.17, 15) is 18.0 Å². The van der Waals surface area contributed by atoms with E-state index in [0.29, 0.717) is 24.0 Å². The first-order valence-corrected chi connectivity index (χ1v) is 11.6. The third-order valence-corrected chi connectivity index (χ3v) is 7.30. The molecule has 2 heterocycles. The molecular weight excluding hydrogens is 434 g/mol. The number of para-hydroxylation sites is 1. The van der Waals surface area contributed by atoms with Crippen molar-refractivity contribution in [2.24, 2.45) is 0 Å². The average Bonchev–Trinajstić information content (AvgIpc) is 3.34. The molecule has 1 N–H and O–H groups in total. The Labute approximate surface area is 185 Å². The van der Waals surface area contributed by atoms with Gasteiger partial charge in [0, 0.05) is 13.1 Å². The van der Waals surface area contributed by atoms with Gasteiger partial charge in [0.15, 0.2) is 11.9 Å². The van der Waals surface area contributed by atoms with E-state index in [4.69, 9.17) is 9.47 Å². The Morgan fingerprint density at radius 3 is 2.59 bits per heavy atom. The van der Waals surface area contributed by atoms with Gasteiger partial charge in [0.2, 0.25) is 10.0 Å². The van der Waals surface area contributed by atoms with Crippen molar-refractivity contribution < 1.29 is 22.7 Å². The van der Waals surface area contributed by atoms with Gasteiger partial charge in [-0.15, -0.1) is 0 Å². The number of aromatic nitrogens is 2. The Balaban J connectivity index is 1.62. The molecule has 0 bridgehead atoms. The quantitative estimate of drug-likeness (QED) is 0.565. The zero-order chi connectivity index (χ0) is 22.9. The van der Waals surface area contributed by atoms with E-state index < -0.39 is 22.1 Å². The predicted octanol–water partition coefficient (Wildman–Crippen LogP) is 2.63. The van der Waals surface area contributed by atoms with Gasteiger partial charge in [0.25, 0.3) is 5.56 Å². The van der Waals surface area contributed by atoms with Gasteiger partial charge in [-0.25, -0.2) is 18.2 Å². The molecule has 32 heavy (non-hydrogen) atoms. The van der Waals surface area contributed by atoms with Crippen LogP contribution in [-0.4, -0.2) is 48.9 Å². The number of carbonyl (C=O) groups is 1. The molecule has 1 fully saturated rings. The molecule has 2 aromatic carbocycles. The molecular formula is C22H23N3O6S. The second kappa shape index (κ2) is 8.71. The fourth-order valence-corrected chi connectivity index (χ4v) is 5.35. The van der Waals surface area contributed by atoms with Crippen LogP contribution >= 0.6 is 0 Å².